The monoisotopic (exact) mass is 1050 g/mol. The maximum absolute atomic E-state index is 14.2. The van der Waals surface area contributed by atoms with Crippen LogP contribution in [0.3, 0.4) is 0 Å². The SMILES string of the molecule is Cc1cc2nc3cc(C)c(N(C)CCCCCCCCN(C(=O)OC(C)(C)C)c4ccc5nc6cc(C)c(NC(=O)OC(C)(C)C)cc6[n+](-c6ccccc6)c5c4C)cc3[n+](-c3ccccc3)c2cc1NC(=O)OC(C)(C)C. The zero-order valence-corrected chi connectivity index (χ0v) is 48.2. The van der Waals surface area contributed by atoms with Gasteiger partial charge in [0.1, 0.15) is 38.9 Å². The number of nitrogens with one attached hydrogen (secondary N) is 2. The average molecular weight is 1060 g/mol. The van der Waals surface area contributed by atoms with Crippen LogP contribution in [0.5, 0.6) is 0 Å². The van der Waals surface area contributed by atoms with Gasteiger partial charge in [-0.1, -0.05) is 62.1 Å². The third kappa shape index (κ3) is 13.4. The number of aryl methyl sites for hydroxylation is 4. The average Bonchev–Trinajstić information content (AvgIpc) is 3.53. The molecule has 0 aliphatic carbocycles. The Morgan fingerprint density at radius 1 is 0.487 bits per heavy atom. The summed E-state index contributed by atoms with van der Waals surface area (Å²) in [5.74, 6) is 0. The number of rotatable bonds is 15. The molecule has 0 saturated carbocycles. The number of hydrogen-bond donors (Lipinski definition) is 2. The Balaban J connectivity index is 0.980. The molecule has 0 radical (unpaired) electrons. The molecule has 0 atom stereocenters. The molecule has 2 aromatic heterocycles. The number of carbonyl (C=O) groups excluding carboxylic acids is 3. The molecule has 408 valence electrons. The molecule has 0 saturated heterocycles. The minimum atomic E-state index is -0.699. The van der Waals surface area contributed by atoms with Gasteiger partial charge in [-0.25, -0.2) is 24.4 Å². The number of nitrogens with zero attached hydrogens (tertiary/aromatic N) is 6. The molecule has 2 N–H and O–H groups in total. The van der Waals surface area contributed by atoms with Crippen molar-refractivity contribution in [2.45, 2.75) is 145 Å². The third-order valence-corrected chi connectivity index (χ3v) is 13.5. The van der Waals surface area contributed by atoms with E-state index in [0.29, 0.717) is 17.9 Å². The number of hydrogen-bond acceptors (Lipinski definition) is 9. The van der Waals surface area contributed by atoms with E-state index >= 15 is 0 Å². The van der Waals surface area contributed by atoms with Crippen molar-refractivity contribution in [2.24, 2.45) is 0 Å². The molecule has 0 aliphatic heterocycles. The highest BCUT2D eigenvalue weighted by atomic mass is 16.6. The summed E-state index contributed by atoms with van der Waals surface area (Å²) in [6, 6.07) is 36.6. The number of amides is 3. The van der Waals surface area contributed by atoms with E-state index in [-0.39, 0.29) is 0 Å². The second-order valence-corrected chi connectivity index (χ2v) is 23.5. The number of anilines is 4. The van der Waals surface area contributed by atoms with Gasteiger partial charge in [-0.15, -0.1) is 9.13 Å². The van der Waals surface area contributed by atoms with E-state index in [4.69, 9.17) is 24.2 Å². The molecule has 0 bridgehead atoms. The van der Waals surface area contributed by atoms with Gasteiger partial charge in [-0.05, 0) is 150 Å². The Bertz CT molecular complexity index is 3530. The normalized spacial score (nSPS) is 12.0. The summed E-state index contributed by atoms with van der Waals surface area (Å²) in [4.78, 5) is 54.6. The summed E-state index contributed by atoms with van der Waals surface area (Å²) in [6.45, 7) is 26.2. The van der Waals surface area contributed by atoms with Crippen molar-refractivity contribution in [3.05, 3.63) is 131 Å². The Hall–Kier alpha value is -7.87. The summed E-state index contributed by atoms with van der Waals surface area (Å²) >= 11 is 0. The molecule has 14 nitrogen and oxygen atoms in total. The van der Waals surface area contributed by atoms with Gasteiger partial charge in [-0.3, -0.25) is 15.5 Å². The van der Waals surface area contributed by atoms with E-state index in [1.807, 2.05) is 168 Å². The van der Waals surface area contributed by atoms with Crippen molar-refractivity contribution in [3.63, 3.8) is 0 Å². The van der Waals surface area contributed by atoms with Crippen molar-refractivity contribution < 1.29 is 37.7 Å². The van der Waals surface area contributed by atoms with E-state index in [2.05, 4.69) is 62.9 Å². The predicted octanol–water partition coefficient (Wildman–Crippen LogP) is 14.8. The van der Waals surface area contributed by atoms with Crippen LogP contribution in [0.1, 0.15) is 123 Å². The number of benzene rings is 6. The van der Waals surface area contributed by atoms with Gasteiger partial charge in [0.05, 0.1) is 17.1 Å². The zero-order valence-electron chi connectivity index (χ0n) is 48.2. The van der Waals surface area contributed by atoms with Crippen LogP contribution in [0.2, 0.25) is 0 Å². The Morgan fingerprint density at radius 2 is 0.923 bits per heavy atom. The van der Waals surface area contributed by atoms with Gasteiger partial charge in [0, 0.05) is 73.9 Å². The molecule has 0 unspecified atom stereocenters. The van der Waals surface area contributed by atoms with Gasteiger partial charge in [0.15, 0.2) is 0 Å². The fourth-order valence-corrected chi connectivity index (χ4v) is 9.97. The summed E-state index contributed by atoms with van der Waals surface area (Å²) in [7, 11) is 2.16. The first-order chi connectivity index (χ1) is 36.8. The van der Waals surface area contributed by atoms with Crippen molar-refractivity contribution in [3.8, 4) is 11.4 Å². The lowest BCUT2D eigenvalue weighted by Gasteiger charge is -2.28. The first kappa shape index (κ1) is 56.3. The fourth-order valence-electron chi connectivity index (χ4n) is 9.97. The second-order valence-electron chi connectivity index (χ2n) is 23.5. The van der Waals surface area contributed by atoms with Crippen molar-refractivity contribution in [1.29, 1.82) is 0 Å². The lowest BCUT2D eigenvalue weighted by atomic mass is 10.1. The van der Waals surface area contributed by atoms with E-state index in [9.17, 15) is 14.4 Å². The van der Waals surface area contributed by atoms with Crippen molar-refractivity contribution >= 4 is 85.2 Å². The molecule has 0 spiro atoms. The number of carbonyl (C=O) groups is 3. The largest absolute Gasteiger partial charge is 0.444 e. The van der Waals surface area contributed by atoms with Crippen LogP contribution in [0, 0.1) is 27.7 Å². The highest BCUT2D eigenvalue weighted by Gasteiger charge is 2.31. The maximum atomic E-state index is 14.2. The second kappa shape index (κ2) is 23.0. The van der Waals surface area contributed by atoms with Gasteiger partial charge in [-0.2, -0.15) is 0 Å². The Morgan fingerprint density at radius 3 is 1.44 bits per heavy atom. The van der Waals surface area contributed by atoms with E-state index in [1.165, 1.54) is 0 Å². The Kier molecular flexibility index (Phi) is 16.6. The smallest absolute Gasteiger partial charge is 0.414 e. The standard InChI is InChI=1S/C64H76N8O6/c1-41-35-50-55(38-48(41)67-59(73)76-62(5,6)7)71(45-27-21-19-22-28-45)57-40-54(43(3)37-52(57)66-50)69(14)33-25-17-15-16-18-26-34-70(61(75)78-64(11,12)13)53-32-31-47-58(44(53)4)72(46-29-23-20-24-30-46)56-39-49(42(2)36-51(56)65-47)68-60(74)77-63(8,9)10/h19-24,27-32,35-40H,15-18,25-26,33-34H2,1-14H3/p+2. The molecule has 2 heterocycles. The number of unbranched alkanes of at least 4 members (excludes halogenated alkanes) is 5. The van der Waals surface area contributed by atoms with Crippen LogP contribution >= 0.6 is 0 Å². The van der Waals surface area contributed by atoms with Crippen LogP contribution in [0.25, 0.3) is 55.5 Å². The summed E-state index contributed by atoms with van der Waals surface area (Å²) < 4.78 is 21.7. The van der Waals surface area contributed by atoms with E-state index < -0.39 is 35.1 Å². The van der Waals surface area contributed by atoms with Crippen molar-refractivity contribution in [1.82, 2.24) is 9.97 Å². The highest BCUT2D eigenvalue weighted by Crippen LogP contribution is 2.33. The molecule has 3 amide bonds. The molecule has 78 heavy (non-hydrogen) atoms. The first-order valence-corrected chi connectivity index (χ1v) is 27.3. The number of aromatic nitrogens is 4. The van der Waals surface area contributed by atoms with Gasteiger partial charge >= 0.3 is 18.3 Å². The quantitative estimate of drug-likeness (QED) is 0.0444. The minimum absolute atomic E-state index is 0.398. The zero-order chi connectivity index (χ0) is 56.3. The van der Waals surface area contributed by atoms with Gasteiger partial charge in [0.25, 0.3) is 0 Å². The molecular weight excluding hydrogens is 977 g/mol. The van der Waals surface area contributed by atoms with Crippen LogP contribution in [-0.4, -0.2) is 65.2 Å². The predicted molar refractivity (Wildman–Crippen MR) is 315 cm³/mol. The van der Waals surface area contributed by atoms with Crippen molar-refractivity contribution in [2.75, 3.05) is 40.6 Å². The molecule has 14 heteroatoms. The topological polar surface area (TPSA) is 143 Å². The number of fused-ring (bicyclic) bond motifs is 4. The molecule has 0 fully saturated rings. The lowest BCUT2D eigenvalue weighted by molar-refractivity contribution is -0.538. The molecule has 0 aliphatic rings. The highest BCUT2D eigenvalue weighted by molar-refractivity contribution is 5.96. The molecular formula is C64H78N8O6+2. The van der Waals surface area contributed by atoms with E-state index in [0.717, 1.165) is 134 Å². The van der Waals surface area contributed by atoms with Gasteiger partial charge < -0.3 is 19.1 Å². The third-order valence-electron chi connectivity index (χ3n) is 13.5. The maximum Gasteiger partial charge on any atom is 0.414 e. The minimum Gasteiger partial charge on any atom is -0.444 e. The summed E-state index contributed by atoms with van der Waals surface area (Å²) in [5, 5.41) is 5.94. The van der Waals surface area contributed by atoms with Crippen LogP contribution in [-0.2, 0) is 14.2 Å². The molecule has 6 aromatic carbocycles. The van der Waals surface area contributed by atoms with Crippen LogP contribution < -0.4 is 29.6 Å². The van der Waals surface area contributed by atoms with Crippen LogP contribution in [0.15, 0.2) is 109 Å². The number of para-hydroxylation sites is 2. The lowest BCUT2D eigenvalue weighted by Crippen LogP contribution is -2.39. The summed E-state index contributed by atoms with van der Waals surface area (Å²) in [5.41, 5.74) is 13.5. The summed E-state index contributed by atoms with van der Waals surface area (Å²) in [6.07, 6.45) is 4.48. The van der Waals surface area contributed by atoms with Gasteiger partial charge in [0.2, 0.25) is 33.4 Å². The Labute approximate surface area is 459 Å². The van der Waals surface area contributed by atoms with E-state index in [1.54, 1.807) is 4.90 Å². The first-order valence-electron chi connectivity index (χ1n) is 27.3. The fraction of sp³-hybridized carbons (Fsp3) is 0.391. The number of ether oxygens (including phenoxy) is 3. The molecule has 8 aromatic rings. The molecule has 8 rings (SSSR count). The van der Waals surface area contributed by atoms with Crippen LogP contribution in [0.4, 0.5) is 37.1 Å².